The van der Waals surface area contributed by atoms with Gasteiger partial charge in [-0.1, -0.05) is 25.1 Å². The van der Waals surface area contributed by atoms with Gasteiger partial charge in [-0.15, -0.1) is 0 Å². The first-order valence-electron chi connectivity index (χ1n) is 28.5. The monoisotopic (exact) mass is 1090 g/mol. The smallest absolute Gasteiger partial charge is 0.414 e. The van der Waals surface area contributed by atoms with Crippen molar-refractivity contribution in [1.29, 1.82) is 0 Å². The van der Waals surface area contributed by atoms with Gasteiger partial charge in [0.05, 0.1) is 35.1 Å². The highest BCUT2D eigenvalue weighted by Gasteiger charge is 2.60. The second-order valence-electron chi connectivity index (χ2n) is 23.8. The molecular weight excluding hydrogens is 1010 g/mol. The zero-order valence-electron chi connectivity index (χ0n) is 45.4. The molecule has 0 spiro atoms. The van der Waals surface area contributed by atoms with Crippen LogP contribution in [-0.2, 0) is 27.8 Å². The number of aliphatic hydroxyl groups is 1. The maximum absolute atomic E-state index is 17.4. The predicted octanol–water partition coefficient (Wildman–Crippen LogP) is 7.58. The second kappa shape index (κ2) is 20.7. The number of benzene rings is 3. The number of carbonyl (C=O) groups is 3. The minimum absolute atomic E-state index is 0.0229. The molecule has 6 saturated heterocycles. The van der Waals surface area contributed by atoms with Crippen LogP contribution < -0.4 is 20.6 Å². The van der Waals surface area contributed by atoms with E-state index in [1.807, 2.05) is 28.9 Å². The average molecular weight is 1090 g/mol. The number of anilines is 1. The van der Waals surface area contributed by atoms with E-state index in [0.717, 1.165) is 101 Å². The molecule has 0 saturated carbocycles. The van der Waals surface area contributed by atoms with Gasteiger partial charge in [0.15, 0.2) is 5.82 Å². The summed E-state index contributed by atoms with van der Waals surface area (Å²) >= 11 is 0. The normalized spacial score (nSPS) is 25.4. The van der Waals surface area contributed by atoms with Crippen molar-refractivity contribution in [3.05, 3.63) is 81.9 Å². The van der Waals surface area contributed by atoms with Crippen LogP contribution >= 0.6 is 0 Å². The fourth-order valence-corrected chi connectivity index (χ4v) is 14.7. The summed E-state index contributed by atoms with van der Waals surface area (Å²) in [5, 5.41) is 25.8. The number of likely N-dealkylation sites (tertiary alicyclic amines) is 2. The molecule has 3 amide bonds. The fraction of sp³-hybridized carbons (Fsp3) is 0.542. The van der Waals surface area contributed by atoms with Gasteiger partial charge >= 0.3 is 17.8 Å². The number of para-hydroxylation sites is 1. The summed E-state index contributed by atoms with van der Waals surface area (Å²) in [6.45, 7) is 10.5. The molecule has 6 fully saturated rings. The van der Waals surface area contributed by atoms with Crippen LogP contribution in [0.15, 0.2) is 53.5 Å². The van der Waals surface area contributed by atoms with Crippen molar-refractivity contribution in [2.45, 2.75) is 120 Å². The van der Waals surface area contributed by atoms with Crippen LogP contribution in [0.4, 0.5) is 19.4 Å². The van der Waals surface area contributed by atoms with Crippen molar-refractivity contribution in [2.75, 3.05) is 77.1 Å². The molecule has 3 aromatic carbocycles. The van der Waals surface area contributed by atoms with Gasteiger partial charge in [0.2, 0.25) is 18.5 Å². The Bertz CT molecular complexity index is 3450. The molecule has 9 heterocycles. The van der Waals surface area contributed by atoms with Crippen molar-refractivity contribution >= 4 is 56.4 Å². The number of ether oxygens (including phenoxy) is 2. The summed E-state index contributed by atoms with van der Waals surface area (Å²) in [7, 11) is 1.76. The van der Waals surface area contributed by atoms with Crippen molar-refractivity contribution in [1.82, 2.24) is 39.2 Å². The lowest BCUT2D eigenvalue weighted by Crippen LogP contribution is -2.61. The van der Waals surface area contributed by atoms with Crippen LogP contribution in [0, 0.1) is 17.6 Å². The third-order valence-electron chi connectivity index (χ3n) is 18.8. The number of carbonyl (C=O) groups excluding carboxylic acids is 3. The third kappa shape index (κ3) is 9.53. The van der Waals surface area contributed by atoms with Gasteiger partial charge in [-0.05, 0) is 129 Å². The number of aromatic hydroxyl groups is 1. The van der Waals surface area contributed by atoms with E-state index in [9.17, 15) is 29.4 Å². The number of halogens is 2. The number of phenols is 1. The molecule has 6 aliphatic rings. The van der Waals surface area contributed by atoms with Gasteiger partial charge < -0.3 is 34.4 Å². The quantitative estimate of drug-likeness (QED) is 0.0802. The van der Waals surface area contributed by atoms with Crippen LogP contribution in [0.5, 0.6) is 11.8 Å². The van der Waals surface area contributed by atoms with E-state index >= 15 is 8.78 Å². The predicted molar refractivity (Wildman–Crippen MR) is 293 cm³/mol. The van der Waals surface area contributed by atoms with E-state index in [1.54, 1.807) is 29.2 Å². The van der Waals surface area contributed by atoms with Gasteiger partial charge in [0, 0.05) is 83.6 Å². The summed E-state index contributed by atoms with van der Waals surface area (Å²) in [5.74, 6) is -0.976. The zero-order chi connectivity index (χ0) is 55.0. The number of aromatic nitrogens is 5. The van der Waals surface area contributed by atoms with Gasteiger partial charge in [-0.25, -0.2) is 18.4 Å². The Balaban J connectivity index is 0.698. The van der Waals surface area contributed by atoms with E-state index in [1.165, 1.54) is 24.4 Å². The van der Waals surface area contributed by atoms with Crippen LogP contribution in [0.2, 0.25) is 0 Å². The molecule has 418 valence electrons. The zero-order valence-corrected chi connectivity index (χ0v) is 45.4. The SMILES string of the molecule is CCc1c(F)ccc2cc(O)cc(-c3ncc4c(N5CCC[C@@](C)(O)C5)nc(OCC56CCC[N+]5(COC(=O)N5CCC(CN7CCC(c8cccc9c8n(C)c(=O)n9C8CCC(=O)NC8=O)CC7)CC5)CCC6)nc4c3F)c12. The van der Waals surface area contributed by atoms with Crippen LogP contribution in [0.3, 0.4) is 0 Å². The number of hydrogen-bond donors (Lipinski definition) is 3. The number of pyridine rings is 1. The first-order chi connectivity index (χ1) is 38.0. The highest BCUT2D eigenvalue weighted by Crippen LogP contribution is 2.47. The minimum Gasteiger partial charge on any atom is -0.508 e. The number of imidazole rings is 1. The van der Waals surface area contributed by atoms with Crippen LogP contribution in [0.25, 0.3) is 44.0 Å². The number of rotatable bonds is 12. The number of fused-ring (bicyclic) bond motifs is 4. The molecule has 6 aromatic rings. The summed E-state index contributed by atoms with van der Waals surface area (Å²) in [4.78, 5) is 72.7. The minimum atomic E-state index is -1.01. The fourth-order valence-electron chi connectivity index (χ4n) is 14.7. The Labute approximate surface area is 456 Å². The summed E-state index contributed by atoms with van der Waals surface area (Å²) < 4.78 is 49.3. The summed E-state index contributed by atoms with van der Waals surface area (Å²) in [6, 6.07) is 11.1. The van der Waals surface area contributed by atoms with Gasteiger partial charge in [0.25, 0.3) is 0 Å². The Morgan fingerprint density at radius 3 is 2.44 bits per heavy atom. The standard InChI is InChI=1S/C59H70F2N10O8/c1-4-40-44(60)12-11-38-29-39(72)30-42(48(38)40)50-49(61)51-43(31-62-50)53(69-22-6-19-58(2,77)33-69)65-55(64-51)78-34-59-20-7-27-71(59,28-8-21-59)35-79-57(76)68-25-15-36(16-26-68)32-67-23-17-37(18-24-67)41-9-5-10-45-52(41)66(3)56(75)70(45)46-13-14-47(73)63-54(46)74/h5,9-12,29-31,36-37,46,77H,4,6-8,13-28,32-35H2,1-3H3,(H-,63,72,73,74)/p+1/t46?,58-,59?,71?/m1/s1. The molecule has 2 atom stereocenters. The molecule has 3 N–H and O–H groups in total. The molecule has 20 heteroatoms. The van der Waals surface area contributed by atoms with Crippen molar-refractivity contribution in [2.24, 2.45) is 13.0 Å². The number of nitrogens with zero attached hydrogens (tertiary/aromatic N) is 9. The number of nitrogens with one attached hydrogen (secondary N) is 1. The molecule has 0 radical (unpaired) electrons. The van der Waals surface area contributed by atoms with Gasteiger partial charge in [0.1, 0.15) is 46.8 Å². The number of hydrogen-bond acceptors (Lipinski definition) is 13. The lowest BCUT2D eigenvalue weighted by molar-refractivity contribution is -0.966. The highest BCUT2D eigenvalue weighted by atomic mass is 19.1. The second-order valence-corrected chi connectivity index (χ2v) is 23.8. The number of piperidine rings is 4. The number of quaternary nitrogens is 1. The number of phenolic OH excluding ortho intramolecular Hbond substituents is 1. The summed E-state index contributed by atoms with van der Waals surface area (Å²) in [6.07, 6.45) is 10.5. The van der Waals surface area contributed by atoms with E-state index < -0.39 is 29.2 Å². The van der Waals surface area contributed by atoms with E-state index in [0.29, 0.717) is 83.3 Å². The lowest BCUT2D eigenvalue weighted by atomic mass is 9.87. The molecule has 3 aromatic heterocycles. The Kier molecular flexibility index (Phi) is 13.9. The Hall–Kier alpha value is -6.77. The van der Waals surface area contributed by atoms with E-state index in [4.69, 9.17) is 19.4 Å². The van der Waals surface area contributed by atoms with Crippen LogP contribution in [-0.4, -0.2) is 150 Å². The molecule has 79 heavy (non-hydrogen) atoms. The largest absolute Gasteiger partial charge is 0.508 e. The third-order valence-corrected chi connectivity index (χ3v) is 18.8. The average Bonchev–Trinajstić information content (AvgIpc) is 4.17. The van der Waals surface area contributed by atoms with Crippen LogP contribution in [0.1, 0.15) is 114 Å². The molecule has 0 bridgehead atoms. The summed E-state index contributed by atoms with van der Waals surface area (Å²) in [5.41, 5.74) is 1.52. The highest BCUT2D eigenvalue weighted by molar-refractivity contribution is 6.02. The van der Waals surface area contributed by atoms with Crippen molar-refractivity contribution in [3.8, 4) is 23.0 Å². The Morgan fingerprint density at radius 2 is 1.71 bits per heavy atom. The molecule has 1 unspecified atom stereocenters. The topological polar surface area (TPSA) is 197 Å². The molecule has 6 aliphatic heterocycles. The lowest BCUT2D eigenvalue weighted by Gasteiger charge is -2.43. The van der Waals surface area contributed by atoms with Crippen molar-refractivity contribution in [3.63, 3.8) is 0 Å². The number of amides is 3. The molecule has 12 rings (SSSR count). The Morgan fingerprint density at radius 1 is 0.937 bits per heavy atom. The van der Waals surface area contributed by atoms with E-state index in [2.05, 4.69) is 21.3 Å². The van der Waals surface area contributed by atoms with Crippen molar-refractivity contribution < 1.29 is 47.3 Å². The molecule has 0 aliphatic carbocycles. The number of β-amino-alcohol motifs (C(OH)–C–C–N with tert-alkyl or cyclic N) is 1. The molecule has 18 nitrogen and oxygen atoms in total. The maximum atomic E-state index is 17.4. The van der Waals surface area contributed by atoms with Gasteiger partial charge in [-0.2, -0.15) is 9.97 Å². The first kappa shape index (κ1) is 52.9. The maximum Gasteiger partial charge on any atom is 0.414 e. The number of aryl methyl sites for hydroxylation is 2. The van der Waals surface area contributed by atoms with E-state index in [-0.39, 0.29) is 84.0 Å². The number of imide groups is 1. The van der Waals surface area contributed by atoms with Gasteiger partial charge in [-0.3, -0.25) is 33.5 Å². The molecular formula is C59H71F2N10O8+. The first-order valence-corrected chi connectivity index (χ1v) is 28.5.